The highest BCUT2D eigenvalue weighted by molar-refractivity contribution is 7.71. The van der Waals surface area contributed by atoms with Crippen molar-refractivity contribution in [1.82, 2.24) is 19.6 Å². The molecule has 2 aromatic rings. The van der Waals surface area contributed by atoms with E-state index >= 15 is 0 Å². The van der Waals surface area contributed by atoms with Crippen molar-refractivity contribution in [3.63, 3.8) is 0 Å². The fraction of sp³-hybridized carbons (Fsp3) is 0.455. The monoisotopic (exact) mass is 266 g/mol. The molecule has 0 aliphatic heterocycles. The number of ether oxygens (including phenoxy) is 1. The van der Waals surface area contributed by atoms with Crippen LogP contribution < -0.4 is 0 Å². The number of nitrogens with zero attached hydrogens (tertiary/aromatic N) is 3. The summed E-state index contributed by atoms with van der Waals surface area (Å²) in [6.07, 6.45) is 0.913. The molecule has 0 aliphatic carbocycles. The molecular weight excluding hydrogens is 252 g/mol. The number of aromatic nitrogens is 4. The number of esters is 1. The summed E-state index contributed by atoms with van der Waals surface area (Å²) in [5, 5.41) is 6.75. The molecule has 0 atom stereocenters. The van der Waals surface area contributed by atoms with Gasteiger partial charge in [0, 0.05) is 17.8 Å². The molecule has 0 saturated carbocycles. The summed E-state index contributed by atoms with van der Waals surface area (Å²) >= 11 is 5.15. The quantitative estimate of drug-likeness (QED) is 0.673. The van der Waals surface area contributed by atoms with Crippen LogP contribution in [0.15, 0.2) is 0 Å². The molecule has 2 rings (SSSR count). The maximum absolute atomic E-state index is 11.2. The summed E-state index contributed by atoms with van der Waals surface area (Å²) in [4.78, 5) is 15.6. The standard InChI is InChI=1S/C11H14N4O2S/c1-6-8(4-5-9(16)17-3)7(2)15-10(12-6)13-14-11(15)18/h4-5H2,1-3H3,(H,14,18). The average Bonchev–Trinajstić information content (AvgIpc) is 2.70. The predicted molar refractivity (Wildman–Crippen MR) is 68.0 cm³/mol. The van der Waals surface area contributed by atoms with Crippen LogP contribution in [-0.4, -0.2) is 32.7 Å². The highest BCUT2D eigenvalue weighted by Crippen LogP contribution is 2.16. The Morgan fingerprint density at radius 1 is 1.50 bits per heavy atom. The van der Waals surface area contributed by atoms with Gasteiger partial charge in [0.2, 0.25) is 4.77 Å². The lowest BCUT2D eigenvalue weighted by Gasteiger charge is -2.10. The minimum absolute atomic E-state index is 0.232. The number of carbonyl (C=O) groups excluding carboxylic acids is 1. The van der Waals surface area contributed by atoms with Crippen molar-refractivity contribution in [3.8, 4) is 0 Å². The second-order valence-corrected chi connectivity index (χ2v) is 4.39. The molecule has 0 aliphatic rings. The first kappa shape index (κ1) is 12.7. The van der Waals surface area contributed by atoms with Crippen LogP contribution >= 0.6 is 12.2 Å². The van der Waals surface area contributed by atoms with Gasteiger partial charge < -0.3 is 4.74 Å². The number of rotatable bonds is 3. The van der Waals surface area contributed by atoms with Crippen LogP contribution in [0.5, 0.6) is 0 Å². The maximum Gasteiger partial charge on any atom is 0.305 e. The van der Waals surface area contributed by atoms with Crippen LogP contribution in [0.3, 0.4) is 0 Å². The zero-order valence-electron chi connectivity index (χ0n) is 10.5. The van der Waals surface area contributed by atoms with Gasteiger partial charge in [-0.15, -0.1) is 5.10 Å². The molecule has 0 spiro atoms. The Balaban J connectivity index is 2.46. The van der Waals surface area contributed by atoms with Crippen LogP contribution in [0.4, 0.5) is 0 Å². The Hall–Kier alpha value is -1.76. The van der Waals surface area contributed by atoms with E-state index in [0.717, 1.165) is 17.0 Å². The van der Waals surface area contributed by atoms with Crippen molar-refractivity contribution in [1.29, 1.82) is 0 Å². The number of nitrogens with one attached hydrogen (secondary N) is 1. The van der Waals surface area contributed by atoms with Crippen molar-refractivity contribution in [2.24, 2.45) is 0 Å². The fourth-order valence-electron chi connectivity index (χ4n) is 1.97. The lowest BCUT2D eigenvalue weighted by Crippen LogP contribution is -2.08. The first-order valence-electron chi connectivity index (χ1n) is 5.54. The molecule has 0 saturated heterocycles. The van der Waals surface area contributed by atoms with E-state index < -0.39 is 0 Å². The van der Waals surface area contributed by atoms with Crippen LogP contribution in [0.1, 0.15) is 23.4 Å². The molecule has 96 valence electrons. The van der Waals surface area contributed by atoms with Gasteiger partial charge >= 0.3 is 5.97 Å². The normalized spacial score (nSPS) is 10.8. The minimum atomic E-state index is -0.232. The predicted octanol–water partition coefficient (Wildman–Crippen LogP) is 1.51. The SMILES string of the molecule is COC(=O)CCc1c(C)nc2n[nH]c(=S)n2c1C. The van der Waals surface area contributed by atoms with Gasteiger partial charge in [0.05, 0.1) is 7.11 Å². The summed E-state index contributed by atoms with van der Waals surface area (Å²) in [6.45, 7) is 3.84. The Morgan fingerprint density at radius 2 is 2.22 bits per heavy atom. The summed E-state index contributed by atoms with van der Waals surface area (Å²) in [6, 6.07) is 0. The van der Waals surface area contributed by atoms with Gasteiger partial charge in [-0.2, -0.15) is 0 Å². The summed E-state index contributed by atoms with van der Waals surface area (Å²) < 4.78 is 6.92. The number of aromatic amines is 1. The molecule has 0 aromatic carbocycles. The molecule has 18 heavy (non-hydrogen) atoms. The molecular formula is C11H14N4O2S. The summed E-state index contributed by atoms with van der Waals surface area (Å²) in [7, 11) is 1.38. The lowest BCUT2D eigenvalue weighted by atomic mass is 10.1. The Bertz CT molecular complexity index is 659. The number of aryl methyl sites for hydroxylation is 2. The van der Waals surface area contributed by atoms with Crippen molar-refractivity contribution in [2.75, 3.05) is 7.11 Å². The van der Waals surface area contributed by atoms with Crippen LogP contribution in [0.2, 0.25) is 0 Å². The molecule has 0 unspecified atom stereocenters. The summed E-state index contributed by atoms with van der Waals surface area (Å²) in [5.74, 6) is 0.321. The number of hydrogen-bond donors (Lipinski definition) is 1. The first-order valence-corrected chi connectivity index (χ1v) is 5.95. The maximum atomic E-state index is 11.2. The number of methoxy groups -OCH3 is 1. The molecule has 1 N–H and O–H groups in total. The van der Waals surface area contributed by atoms with E-state index in [4.69, 9.17) is 12.2 Å². The number of H-pyrrole nitrogens is 1. The fourth-order valence-corrected chi connectivity index (χ4v) is 2.24. The average molecular weight is 266 g/mol. The Morgan fingerprint density at radius 3 is 2.89 bits per heavy atom. The number of carbonyl (C=O) groups is 1. The number of fused-ring (bicyclic) bond motifs is 1. The number of hydrogen-bond acceptors (Lipinski definition) is 5. The van der Waals surface area contributed by atoms with Gasteiger partial charge in [0.25, 0.3) is 5.78 Å². The van der Waals surface area contributed by atoms with Gasteiger partial charge in [-0.25, -0.2) is 10.1 Å². The third kappa shape index (κ3) is 2.13. The van der Waals surface area contributed by atoms with Crippen molar-refractivity contribution >= 4 is 24.0 Å². The van der Waals surface area contributed by atoms with Crippen molar-refractivity contribution in [3.05, 3.63) is 21.7 Å². The summed E-state index contributed by atoms with van der Waals surface area (Å²) in [5.41, 5.74) is 2.82. The van der Waals surface area contributed by atoms with Gasteiger partial charge in [0.15, 0.2) is 0 Å². The highest BCUT2D eigenvalue weighted by Gasteiger charge is 2.12. The second-order valence-electron chi connectivity index (χ2n) is 4.00. The van der Waals surface area contributed by atoms with Crippen LogP contribution in [0, 0.1) is 18.6 Å². The van der Waals surface area contributed by atoms with E-state index in [1.54, 1.807) is 4.40 Å². The molecule has 2 aromatic heterocycles. The van der Waals surface area contributed by atoms with Crippen molar-refractivity contribution in [2.45, 2.75) is 26.7 Å². The largest absolute Gasteiger partial charge is 0.469 e. The molecule has 0 bridgehead atoms. The molecule has 6 nitrogen and oxygen atoms in total. The Labute approximate surface area is 109 Å². The zero-order valence-corrected chi connectivity index (χ0v) is 11.3. The zero-order chi connectivity index (χ0) is 13.3. The van der Waals surface area contributed by atoms with E-state index in [1.807, 2.05) is 13.8 Å². The molecule has 0 fully saturated rings. The molecule has 7 heteroatoms. The molecule has 0 amide bonds. The van der Waals surface area contributed by atoms with E-state index in [-0.39, 0.29) is 5.97 Å². The van der Waals surface area contributed by atoms with Crippen molar-refractivity contribution < 1.29 is 9.53 Å². The second kappa shape index (κ2) is 4.85. The third-order valence-electron chi connectivity index (χ3n) is 2.94. The van der Waals surface area contributed by atoms with E-state index in [2.05, 4.69) is 19.9 Å². The highest BCUT2D eigenvalue weighted by atomic mass is 32.1. The van der Waals surface area contributed by atoms with E-state index in [9.17, 15) is 4.79 Å². The van der Waals surface area contributed by atoms with Gasteiger partial charge in [0.1, 0.15) is 0 Å². The Kier molecular flexibility index (Phi) is 3.42. The molecule has 2 heterocycles. The topological polar surface area (TPSA) is 72.3 Å². The minimum Gasteiger partial charge on any atom is -0.469 e. The van der Waals surface area contributed by atoms with Crippen LogP contribution in [-0.2, 0) is 16.0 Å². The smallest absolute Gasteiger partial charge is 0.305 e. The lowest BCUT2D eigenvalue weighted by molar-refractivity contribution is -0.140. The van der Waals surface area contributed by atoms with Gasteiger partial charge in [-0.05, 0) is 38.0 Å². The van der Waals surface area contributed by atoms with Crippen LogP contribution in [0.25, 0.3) is 5.78 Å². The molecule has 0 radical (unpaired) electrons. The van der Waals surface area contributed by atoms with E-state index in [1.165, 1.54) is 7.11 Å². The first-order chi connectivity index (χ1) is 8.54. The van der Waals surface area contributed by atoms with E-state index in [0.29, 0.717) is 23.4 Å². The third-order valence-corrected chi connectivity index (χ3v) is 3.21. The van der Waals surface area contributed by atoms with Gasteiger partial charge in [-0.1, -0.05) is 0 Å². The van der Waals surface area contributed by atoms with Gasteiger partial charge in [-0.3, -0.25) is 9.20 Å².